The van der Waals surface area contributed by atoms with E-state index in [-0.39, 0.29) is 5.91 Å². The van der Waals surface area contributed by atoms with Gasteiger partial charge >= 0.3 is 0 Å². The van der Waals surface area contributed by atoms with Gasteiger partial charge in [0, 0.05) is 28.8 Å². The number of carbonyl (C=O) groups is 1. The molecule has 1 N–H and O–H groups in total. The van der Waals surface area contributed by atoms with E-state index in [2.05, 4.69) is 33.2 Å². The van der Waals surface area contributed by atoms with Crippen LogP contribution < -0.4 is 5.32 Å². The number of hydrogen-bond donors (Lipinski definition) is 1. The predicted octanol–water partition coefficient (Wildman–Crippen LogP) is 2.68. The second kappa shape index (κ2) is 6.63. The van der Waals surface area contributed by atoms with Crippen LogP contribution in [0.3, 0.4) is 0 Å². The van der Waals surface area contributed by atoms with Gasteiger partial charge in [0.25, 0.3) is 5.91 Å². The van der Waals surface area contributed by atoms with Crippen LogP contribution in [-0.4, -0.2) is 22.3 Å². The zero-order chi connectivity index (χ0) is 12.0. The van der Waals surface area contributed by atoms with E-state index in [1.165, 1.54) is 0 Å². The Hall–Kier alpha value is -0.900. The SMILES string of the molecule is CCC(Br)CCNC(=O)c1ccnc(C)c1. The number of nitrogens with zero attached hydrogens (tertiary/aromatic N) is 1. The van der Waals surface area contributed by atoms with Gasteiger partial charge < -0.3 is 5.32 Å². The molecule has 0 bridgehead atoms. The number of rotatable bonds is 5. The Morgan fingerprint density at radius 1 is 1.62 bits per heavy atom. The fourth-order valence-corrected chi connectivity index (χ4v) is 1.56. The molecule has 1 unspecified atom stereocenters. The Kier molecular flexibility index (Phi) is 5.46. The summed E-state index contributed by atoms with van der Waals surface area (Å²) in [5, 5.41) is 2.89. The number of pyridine rings is 1. The van der Waals surface area contributed by atoms with Crippen LogP contribution in [0.25, 0.3) is 0 Å². The number of alkyl halides is 1. The molecule has 1 rings (SSSR count). The number of carbonyl (C=O) groups excluding carboxylic acids is 1. The number of aryl methyl sites for hydroxylation is 1. The third kappa shape index (κ3) is 4.31. The van der Waals surface area contributed by atoms with Crippen LogP contribution in [0.5, 0.6) is 0 Å². The molecule has 0 fully saturated rings. The summed E-state index contributed by atoms with van der Waals surface area (Å²) in [4.78, 5) is 16.2. The molecular formula is C12H17BrN2O. The summed E-state index contributed by atoms with van der Waals surface area (Å²) in [6.45, 7) is 4.69. The van der Waals surface area contributed by atoms with Crippen molar-refractivity contribution in [3.05, 3.63) is 29.6 Å². The first kappa shape index (κ1) is 13.2. The molecule has 0 saturated heterocycles. The van der Waals surface area contributed by atoms with E-state index in [9.17, 15) is 4.79 Å². The number of halogens is 1. The summed E-state index contributed by atoms with van der Waals surface area (Å²) in [5.41, 5.74) is 1.54. The molecule has 1 atom stereocenters. The van der Waals surface area contributed by atoms with Gasteiger partial charge in [0.2, 0.25) is 0 Å². The van der Waals surface area contributed by atoms with Crippen molar-refractivity contribution in [2.75, 3.05) is 6.54 Å². The Labute approximate surface area is 105 Å². The molecule has 1 amide bonds. The van der Waals surface area contributed by atoms with Gasteiger partial charge in [-0.1, -0.05) is 22.9 Å². The van der Waals surface area contributed by atoms with Gasteiger partial charge in [-0.2, -0.15) is 0 Å². The van der Waals surface area contributed by atoms with Gasteiger partial charge in [-0.3, -0.25) is 9.78 Å². The second-order valence-electron chi connectivity index (χ2n) is 3.74. The largest absolute Gasteiger partial charge is 0.352 e. The van der Waals surface area contributed by atoms with E-state index < -0.39 is 0 Å². The zero-order valence-corrected chi connectivity index (χ0v) is 11.3. The fourth-order valence-electron chi connectivity index (χ4n) is 1.34. The van der Waals surface area contributed by atoms with Gasteiger partial charge in [-0.05, 0) is 31.9 Å². The summed E-state index contributed by atoms with van der Waals surface area (Å²) in [6.07, 6.45) is 3.68. The van der Waals surface area contributed by atoms with Crippen LogP contribution >= 0.6 is 15.9 Å². The third-order valence-corrected chi connectivity index (χ3v) is 3.45. The highest BCUT2D eigenvalue weighted by Crippen LogP contribution is 2.08. The lowest BCUT2D eigenvalue weighted by atomic mass is 10.2. The maximum Gasteiger partial charge on any atom is 0.251 e. The molecule has 88 valence electrons. The lowest BCUT2D eigenvalue weighted by molar-refractivity contribution is 0.0953. The molecule has 16 heavy (non-hydrogen) atoms. The summed E-state index contributed by atoms with van der Waals surface area (Å²) < 4.78 is 0. The standard InChI is InChI=1S/C12H17BrN2O/c1-3-11(13)5-7-15-12(16)10-4-6-14-9(2)8-10/h4,6,8,11H,3,5,7H2,1-2H3,(H,15,16). The van der Waals surface area contributed by atoms with Crippen molar-refractivity contribution in [3.8, 4) is 0 Å². The first-order chi connectivity index (χ1) is 7.63. The van der Waals surface area contributed by atoms with Gasteiger partial charge in [0.15, 0.2) is 0 Å². The van der Waals surface area contributed by atoms with Crippen LogP contribution in [0.4, 0.5) is 0 Å². The highest BCUT2D eigenvalue weighted by Gasteiger charge is 2.06. The molecule has 0 aliphatic rings. The van der Waals surface area contributed by atoms with E-state index in [0.29, 0.717) is 16.9 Å². The number of nitrogens with one attached hydrogen (secondary N) is 1. The maximum absolute atomic E-state index is 11.7. The van der Waals surface area contributed by atoms with Gasteiger partial charge in [0.1, 0.15) is 0 Å². The van der Waals surface area contributed by atoms with Crippen molar-refractivity contribution in [1.82, 2.24) is 10.3 Å². The van der Waals surface area contributed by atoms with Crippen LogP contribution in [0.2, 0.25) is 0 Å². The van der Waals surface area contributed by atoms with Crippen molar-refractivity contribution in [3.63, 3.8) is 0 Å². The molecule has 0 aromatic carbocycles. The average Bonchev–Trinajstić information content (AvgIpc) is 2.28. The average molecular weight is 285 g/mol. The topological polar surface area (TPSA) is 42.0 Å². The lowest BCUT2D eigenvalue weighted by Crippen LogP contribution is -2.26. The minimum absolute atomic E-state index is 0.0266. The van der Waals surface area contributed by atoms with E-state index in [1.807, 2.05) is 6.92 Å². The van der Waals surface area contributed by atoms with Crippen LogP contribution in [-0.2, 0) is 0 Å². The molecule has 4 heteroatoms. The van der Waals surface area contributed by atoms with Crippen LogP contribution in [0.1, 0.15) is 35.8 Å². The Balaban J connectivity index is 2.41. The molecule has 1 aromatic heterocycles. The predicted molar refractivity (Wildman–Crippen MR) is 68.9 cm³/mol. The first-order valence-electron chi connectivity index (χ1n) is 5.48. The Morgan fingerprint density at radius 2 is 2.38 bits per heavy atom. The van der Waals surface area contributed by atoms with Crippen molar-refractivity contribution in [2.45, 2.75) is 31.5 Å². The van der Waals surface area contributed by atoms with E-state index in [1.54, 1.807) is 18.3 Å². The van der Waals surface area contributed by atoms with Gasteiger partial charge in [0.05, 0.1) is 0 Å². The summed E-state index contributed by atoms with van der Waals surface area (Å²) in [6, 6.07) is 3.52. The maximum atomic E-state index is 11.7. The second-order valence-corrected chi connectivity index (χ2v) is 5.03. The molecule has 0 saturated carbocycles. The van der Waals surface area contributed by atoms with Crippen molar-refractivity contribution in [1.29, 1.82) is 0 Å². The molecule has 0 spiro atoms. The minimum atomic E-state index is -0.0266. The smallest absolute Gasteiger partial charge is 0.251 e. The lowest BCUT2D eigenvalue weighted by Gasteiger charge is -2.08. The molecular weight excluding hydrogens is 268 g/mol. The minimum Gasteiger partial charge on any atom is -0.352 e. The van der Waals surface area contributed by atoms with E-state index >= 15 is 0 Å². The monoisotopic (exact) mass is 284 g/mol. The fraction of sp³-hybridized carbons (Fsp3) is 0.500. The van der Waals surface area contributed by atoms with E-state index in [4.69, 9.17) is 0 Å². The Morgan fingerprint density at radius 3 is 3.00 bits per heavy atom. The number of amides is 1. The molecule has 3 nitrogen and oxygen atoms in total. The molecule has 1 aromatic rings. The quantitative estimate of drug-likeness (QED) is 0.845. The van der Waals surface area contributed by atoms with E-state index in [0.717, 1.165) is 18.5 Å². The summed E-state index contributed by atoms with van der Waals surface area (Å²) in [7, 11) is 0. The third-order valence-electron chi connectivity index (χ3n) is 2.34. The molecule has 0 aliphatic heterocycles. The Bertz CT molecular complexity index is 355. The van der Waals surface area contributed by atoms with Gasteiger partial charge in [-0.15, -0.1) is 0 Å². The van der Waals surface area contributed by atoms with Gasteiger partial charge in [-0.25, -0.2) is 0 Å². The molecule has 1 heterocycles. The van der Waals surface area contributed by atoms with Crippen LogP contribution in [0, 0.1) is 6.92 Å². The van der Waals surface area contributed by atoms with Crippen LogP contribution in [0.15, 0.2) is 18.3 Å². The summed E-state index contributed by atoms with van der Waals surface area (Å²) in [5.74, 6) is -0.0266. The zero-order valence-electron chi connectivity index (χ0n) is 9.66. The first-order valence-corrected chi connectivity index (χ1v) is 6.40. The van der Waals surface area contributed by atoms with Crippen molar-refractivity contribution in [2.24, 2.45) is 0 Å². The van der Waals surface area contributed by atoms with Crippen molar-refractivity contribution < 1.29 is 4.79 Å². The normalized spacial score (nSPS) is 12.2. The number of aromatic nitrogens is 1. The molecule has 0 radical (unpaired) electrons. The van der Waals surface area contributed by atoms with Crippen molar-refractivity contribution >= 4 is 21.8 Å². The highest BCUT2D eigenvalue weighted by molar-refractivity contribution is 9.09. The molecule has 0 aliphatic carbocycles. The summed E-state index contributed by atoms with van der Waals surface area (Å²) >= 11 is 3.53. The highest BCUT2D eigenvalue weighted by atomic mass is 79.9. The number of hydrogen-bond acceptors (Lipinski definition) is 2.